The molecule has 5 rings (SSSR count). The van der Waals surface area contributed by atoms with Crippen molar-refractivity contribution in [1.82, 2.24) is 14.6 Å². The number of piperazine rings is 1. The maximum absolute atomic E-state index is 10.8. The highest BCUT2D eigenvalue weighted by molar-refractivity contribution is 7.17. The lowest BCUT2D eigenvalue weighted by molar-refractivity contribution is -1.03. The largest absolute Gasteiger partial charge is 0.492 e. The Bertz CT molecular complexity index is 1070. The summed E-state index contributed by atoms with van der Waals surface area (Å²) >= 11 is 1.54. The van der Waals surface area contributed by atoms with Gasteiger partial charge in [0.25, 0.3) is 0 Å². The molecule has 2 aromatic carbocycles. The molecule has 1 atom stereocenters. The summed E-state index contributed by atoms with van der Waals surface area (Å²) < 4.78 is 1.55. The van der Waals surface area contributed by atoms with Crippen LogP contribution in [0.4, 0.5) is 0 Å². The fourth-order valence-electron chi connectivity index (χ4n) is 4.37. The molecule has 148 valence electrons. The highest BCUT2D eigenvalue weighted by Crippen LogP contribution is 2.34. The first-order valence-electron chi connectivity index (χ1n) is 10.1. The van der Waals surface area contributed by atoms with Crippen molar-refractivity contribution >= 4 is 16.3 Å². The number of benzene rings is 2. The van der Waals surface area contributed by atoms with E-state index in [1.54, 1.807) is 20.8 Å². The van der Waals surface area contributed by atoms with Gasteiger partial charge in [0.05, 0.1) is 0 Å². The van der Waals surface area contributed by atoms with Gasteiger partial charge in [-0.25, -0.2) is 4.98 Å². The standard InChI is InChI=1S/C22H23N5OS/c28-21-20(29-22-23-16-24-27(21)22)19(18-9-5-2-6-10-18)26-13-11-25(12-14-26)15-17-7-3-1-4-8-17/h1-10,16,19,28H,11-15H2/p+2/t19-/m1/s1. The molecule has 0 amide bonds. The van der Waals surface area contributed by atoms with Crippen LogP contribution in [0.25, 0.3) is 4.96 Å². The van der Waals surface area contributed by atoms with Gasteiger partial charge in [-0.1, -0.05) is 72.0 Å². The zero-order chi connectivity index (χ0) is 19.6. The van der Waals surface area contributed by atoms with Crippen LogP contribution in [0, 0.1) is 0 Å². The van der Waals surface area contributed by atoms with Crippen molar-refractivity contribution in [2.24, 2.45) is 0 Å². The van der Waals surface area contributed by atoms with E-state index >= 15 is 0 Å². The van der Waals surface area contributed by atoms with E-state index in [1.807, 2.05) is 6.07 Å². The lowest BCUT2D eigenvalue weighted by atomic mass is 10.0. The highest BCUT2D eigenvalue weighted by Gasteiger charge is 2.35. The molecular formula is C22H25N5OS+2. The van der Waals surface area contributed by atoms with Crippen LogP contribution in [0.5, 0.6) is 5.88 Å². The van der Waals surface area contributed by atoms with Gasteiger partial charge >= 0.3 is 0 Å². The van der Waals surface area contributed by atoms with Crippen LogP contribution >= 0.6 is 11.3 Å². The van der Waals surface area contributed by atoms with Crippen molar-refractivity contribution < 1.29 is 14.9 Å². The summed E-state index contributed by atoms with van der Waals surface area (Å²) in [5.74, 6) is 0.225. The van der Waals surface area contributed by atoms with Crippen LogP contribution in [-0.4, -0.2) is 45.9 Å². The molecule has 3 N–H and O–H groups in total. The topological polar surface area (TPSA) is 59.3 Å². The van der Waals surface area contributed by atoms with E-state index in [-0.39, 0.29) is 11.9 Å². The number of aromatic nitrogens is 3. The van der Waals surface area contributed by atoms with Crippen LogP contribution in [-0.2, 0) is 6.54 Å². The monoisotopic (exact) mass is 407 g/mol. The highest BCUT2D eigenvalue weighted by atomic mass is 32.1. The molecular weight excluding hydrogens is 382 g/mol. The Morgan fingerprint density at radius 2 is 1.66 bits per heavy atom. The molecule has 3 heterocycles. The number of rotatable bonds is 5. The molecule has 29 heavy (non-hydrogen) atoms. The number of nitrogens with zero attached hydrogens (tertiary/aromatic N) is 3. The van der Waals surface area contributed by atoms with Crippen molar-refractivity contribution in [2.45, 2.75) is 12.6 Å². The number of hydrogen-bond donors (Lipinski definition) is 3. The quantitative estimate of drug-likeness (QED) is 0.453. The molecule has 0 radical (unpaired) electrons. The summed E-state index contributed by atoms with van der Waals surface area (Å²) in [7, 11) is 0. The van der Waals surface area contributed by atoms with Crippen molar-refractivity contribution in [1.29, 1.82) is 0 Å². The zero-order valence-corrected chi connectivity index (χ0v) is 17.0. The van der Waals surface area contributed by atoms with Gasteiger partial charge in [-0.05, 0) is 0 Å². The number of aromatic hydroxyl groups is 1. The average molecular weight is 408 g/mol. The molecule has 4 aromatic rings. The second kappa shape index (κ2) is 7.94. The molecule has 1 fully saturated rings. The Hall–Kier alpha value is -2.74. The summed E-state index contributed by atoms with van der Waals surface area (Å²) in [6.45, 7) is 5.44. The second-order valence-electron chi connectivity index (χ2n) is 7.66. The summed E-state index contributed by atoms with van der Waals surface area (Å²) in [5, 5.41) is 15.0. The number of fused-ring (bicyclic) bond motifs is 1. The van der Waals surface area contributed by atoms with Gasteiger partial charge in [0.1, 0.15) is 43.9 Å². The van der Waals surface area contributed by atoms with Gasteiger partial charge in [-0.15, -0.1) is 0 Å². The maximum atomic E-state index is 10.8. The van der Waals surface area contributed by atoms with E-state index in [1.165, 1.54) is 22.4 Å². The molecule has 0 unspecified atom stereocenters. The number of nitrogens with one attached hydrogen (secondary N) is 2. The smallest absolute Gasteiger partial charge is 0.235 e. The molecule has 2 aromatic heterocycles. The van der Waals surface area contributed by atoms with Gasteiger partial charge in [-0.2, -0.15) is 9.61 Å². The normalized spacial score (nSPS) is 20.7. The minimum Gasteiger partial charge on any atom is -0.492 e. The Balaban J connectivity index is 1.39. The lowest BCUT2D eigenvalue weighted by Crippen LogP contribution is -3.27. The third kappa shape index (κ3) is 3.64. The van der Waals surface area contributed by atoms with Crippen molar-refractivity contribution in [3.05, 3.63) is 83.0 Å². The summed E-state index contributed by atoms with van der Waals surface area (Å²) in [6, 6.07) is 21.4. The van der Waals surface area contributed by atoms with E-state index in [0.717, 1.165) is 42.6 Å². The Morgan fingerprint density at radius 3 is 2.34 bits per heavy atom. The zero-order valence-electron chi connectivity index (χ0n) is 16.2. The molecule has 0 aliphatic carbocycles. The first-order chi connectivity index (χ1) is 14.3. The predicted octanol–water partition coefficient (Wildman–Crippen LogP) is 0.569. The van der Waals surface area contributed by atoms with Crippen LogP contribution in [0.1, 0.15) is 22.0 Å². The first kappa shape index (κ1) is 18.3. The fraction of sp³-hybridized carbons (Fsp3) is 0.273. The number of hydrogen-bond acceptors (Lipinski definition) is 4. The summed E-state index contributed by atoms with van der Waals surface area (Å²) in [6.07, 6.45) is 1.49. The van der Waals surface area contributed by atoms with Gasteiger partial charge in [0, 0.05) is 11.1 Å². The van der Waals surface area contributed by atoms with Gasteiger partial charge in [0.15, 0.2) is 6.04 Å². The molecule has 0 bridgehead atoms. The second-order valence-corrected chi connectivity index (χ2v) is 8.67. The van der Waals surface area contributed by atoms with E-state index < -0.39 is 0 Å². The number of thiazole rings is 1. The maximum Gasteiger partial charge on any atom is 0.235 e. The van der Waals surface area contributed by atoms with E-state index in [2.05, 4.69) is 64.7 Å². The SMILES string of the molecule is Oc1c([C@@H](c2ccccc2)[NH+]2CC[NH+](Cc3ccccc3)CC2)sc2ncnn12. The Kier molecular flexibility index (Phi) is 5.01. The van der Waals surface area contributed by atoms with Gasteiger partial charge in [0.2, 0.25) is 10.8 Å². The summed E-state index contributed by atoms with van der Waals surface area (Å²) in [5.41, 5.74) is 2.63. The van der Waals surface area contributed by atoms with Crippen molar-refractivity contribution in [2.75, 3.05) is 26.2 Å². The molecule has 1 aliphatic heterocycles. The molecule has 6 nitrogen and oxygen atoms in total. The average Bonchev–Trinajstić information content (AvgIpc) is 3.35. The fourth-order valence-corrected chi connectivity index (χ4v) is 5.49. The molecule has 1 saturated heterocycles. The van der Waals surface area contributed by atoms with Gasteiger partial charge in [-0.3, -0.25) is 0 Å². The first-order valence-corrected chi connectivity index (χ1v) is 10.9. The van der Waals surface area contributed by atoms with Crippen LogP contribution in [0.15, 0.2) is 67.0 Å². The summed E-state index contributed by atoms with van der Waals surface area (Å²) in [4.78, 5) is 9.09. The predicted molar refractivity (Wildman–Crippen MR) is 112 cm³/mol. The van der Waals surface area contributed by atoms with Crippen molar-refractivity contribution in [3.8, 4) is 5.88 Å². The van der Waals surface area contributed by atoms with E-state index in [0.29, 0.717) is 0 Å². The van der Waals surface area contributed by atoms with Crippen molar-refractivity contribution in [3.63, 3.8) is 0 Å². The van der Waals surface area contributed by atoms with E-state index in [4.69, 9.17) is 0 Å². The minimum absolute atomic E-state index is 0.1000. The van der Waals surface area contributed by atoms with E-state index in [9.17, 15) is 5.11 Å². The molecule has 1 aliphatic rings. The molecule has 7 heteroatoms. The third-order valence-electron chi connectivity index (χ3n) is 5.84. The van der Waals surface area contributed by atoms with Crippen LogP contribution in [0.3, 0.4) is 0 Å². The molecule has 0 spiro atoms. The Labute approximate surface area is 173 Å². The Morgan fingerprint density at radius 1 is 0.966 bits per heavy atom. The number of quaternary nitrogens is 2. The van der Waals surface area contributed by atoms with Crippen LogP contribution in [0.2, 0.25) is 0 Å². The third-order valence-corrected chi connectivity index (χ3v) is 6.94. The molecule has 0 saturated carbocycles. The lowest BCUT2D eigenvalue weighted by Gasteiger charge is -2.34. The van der Waals surface area contributed by atoms with Crippen LogP contribution < -0.4 is 9.80 Å². The minimum atomic E-state index is 0.1000. The van der Waals surface area contributed by atoms with Gasteiger partial charge < -0.3 is 14.9 Å².